The molecule has 0 aromatic heterocycles. The van der Waals surface area contributed by atoms with Crippen molar-refractivity contribution in [2.45, 2.75) is 31.7 Å². The maximum Gasteiger partial charge on any atom is 0.573 e. The topological polar surface area (TPSA) is 64.1 Å². The first kappa shape index (κ1) is 24.8. The second kappa shape index (κ2) is 13.0. The molecule has 1 aliphatic heterocycles. The average molecular weight is 517 g/mol. The molecule has 0 radical (unpaired) electrons. The number of aliphatic imine (C=N–C) groups is 1. The zero-order valence-electron chi connectivity index (χ0n) is 15.8. The molecule has 1 heterocycles. The van der Waals surface area contributed by atoms with Crippen LogP contribution in [0.2, 0.25) is 0 Å². The molecule has 1 aromatic rings. The van der Waals surface area contributed by atoms with Crippen LogP contribution >= 0.6 is 24.0 Å². The third-order valence-corrected chi connectivity index (χ3v) is 3.94. The molecule has 10 heteroatoms. The van der Waals surface area contributed by atoms with Gasteiger partial charge in [-0.2, -0.15) is 0 Å². The van der Waals surface area contributed by atoms with E-state index in [1.807, 2.05) is 0 Å². The lowest BCUT2D eigenvalue weighted by molar-refractivity contribution is -0.274. The monoisotopic (exact) mass is 517 g/mol. The Morgan fingerprint density at radius 2 is 1.93 bits per heavy atom. The van der Waals surface area contributed by atoms with Gasteiger partial charge in [-0.05, 0) is 37.0 Å². The smallest absolute Gasteiger partial charge is 0.406 e. The van der Waals surface area contributed by atoms with E-state index in [0.717, 1.165) is 31.6 Å². The van der Waals surface area contributed by atoms with E-state index in [1.165, 1.54) is 12.1 Å². The first-order valence-electron chi connectivity index (χ1n) is 8.95. The van der Waals surface area contributed by atoms with Gasteiger partial charge in [-0.25, -0.2) is 0 Å². The number of hydrogen-bond acceptors (Lipinski definition) is 4. The van der Waals surface area contributed by atoms with Crippen molar-refractivity contribution in [3.8, 4) is 5.75 Å². The summed E-state index contributed by atoms with van der Waals surface area (Å²) in [6, 6.07) is 5.85. The highest BCUT2D eigenvalue weighted by Gasteiger charge is 2.30. The normalized spacial score (nSPS) is 17.1. The zero-order valence-corrected chi connectivity index (χ0v) is 18.1. The minimum Gasteiger partial charge on any atom is -0.406 e. The predicted octanol–water partition coefficient (Wildman–Crippen LogP) is 3.11. The zero-order chi connectivity index (χ0) is 19.5. The number of nitrogens with one attached hydrogen (secondary N) is 2. The standard InChI is InChI=1S/C18H26F3N3O3.HI/c1-22-17(23-9-2-11-26-16-8-12-25-13-16)24-10-7-14-3-5-15(6-4-14)27-18(19,20)21;/h3-6,16H,2,7-13H2,1H3,(H2,22,23,24);1H. The molecule has 1 atom stereocenters. The van der Waals surface area contributed by atoms with Gasteiger partial charge >= 0.3 is 6.36 Å². The quantitative estimate of drug-likeness (QED) is 0.228. The number of hydrogen-bond donors (Lipinski definition) is 2. The van der Waals surface area contributed by atoms with Crippen LogP contribution in [0.25, 0.3) is 0 Å². The number of alkyl halides is 3. The van der Waals surface area contributed by atoms with E-state index < -0.39 is 6.36 Å². The van der Waals surface area contributed by atoms with E-state index in [9.17, 15) is 13.2 Å². The van der Waals surface area contributed by atoms with Crippen LogP contribution in [0.1, 0.15) is 18.4 Å². The summed E-state index contributed by atoms with van der Waals surface area (Å²) in [6.45, 7) is 3.47. The molecule has 28 heavy (non-hydrogen) atoms. The fourth-order valence-electron chi connectivity index (χ4n) is 2.58. The van der Waals surface area contributed by atoms with Gasteiger partial charge in [0, 0.05) is 33.4 Å². The Kier molecular flexibility index (Phi) is 11.5. The van der Waals surface area contributed by atoms with Gasteiger partial charge in [-0.1, -0.05) is 12.1 Å². The largest absolute Gasteiger partial charge is 0.573 e. The first-order valence-corrected chi connectivity index (χ1v) is 8.95. The van der Waals surface area contributed by atoms with Gasteiger partial charge in [0.2, 0.25) is 0 Å². The molecule has 1 saturated heterocycles. The van der Waals surface area contributed by atoms with E-state index in [4.69, 9.17) is 9.47 Å². The molecule has 1 aliphatic rings. The van der Waals surface area contributed by atoms with Crippen molar-refractivity contribution in [2.75, 3.05) is 40.0 Å². The van der Waals surface area contributed by atoms with E-state index >= 15 is 0 Å². The molecule has 1 fully saturated rings. The first-order chi connectivity index (χ1) is 13.0. The highest BCUT2D eigenvalue weighted by molar-refractivity contribution is 14.0. The molecule has 1 unspecified atom stereocenters. The van der Waals surface area contributed by atoms with E-state index in [0.29, 0.717) is 32.1 Å². The van der Waals surface area contributed by atoms with Crippen molar-refractivity contribution in [3.63, 3.8) is 0 Å². The van der Waals surface area contributed by atoms with Gasteiger partial charge < -0.3 is 24.8 Å². The number of guanidine groups is 1. The van der Waals surface area contributed by atoms with Crippen LogP contribution in [-0.4, -0.2) is 58.4 Å². The van der Waals surface area contributed by atoms with Crippen LogP contribution in [0.15, 0.2) is 29.3 Å². The lowest BCUT2D eigenvalue weighted by Gasteiger charge is -2.13. The average Bonchev–Trinajstić information content (AvgIpc) is 3.13. The van der Waals surface area contributed by atoms with Crippen LogP contribution in [-0.2, 0) is 15.9 Å². The van der Waals surface area contributed by atoms with Crippen LogP contribution in [0.3, 0.4) is 0 Å². The van der Waals surface area contributed by atoms with Crippen molar-refractivity contribution < 1.29 is 27.4 Å². The molecule has 0 bridgehead atoms. The predicted molar refractivity (Wildman–Crippen MR) is 111 cm³/mol. The van der Waals surface area contributed by atoms with Crippen molar-refractivity contribution in [1.82, 2.24) is 10.6 Å². The number of halogens is 4. The highest BCUT2D eigenvalue weighted by atomic mass is 127. The molecule has 0 amide bonds. The maximum atomic E-state index is 12.1. The summed E-state index contributed by atoms with van der Waals surface area (Å²) in [7, 11) is 1.69. The third-order valence-electron chi connectivity index (χ3n) is 3.94. The Bertz CT molecular complexity index is 580. The van der Waals surface area contributed by atoms with Gasteiger partial charge in [0.1, 0.15) is 5.75 Å². The van der Waals surface area contributed by atoms with Gasteiger partial charge in [0.05, 0.1) is 12.7 Å². The molecule has 0 saturated carbocycles. The Hall–Kier alpha value is -1.27. The maximum absolute atomic E-state index is 12.1. The lowest BCUT2D eigenvalue weighted by Crippen LogP contribution is -2.39. The summed E-state index contributed by atoms with van der Waals surface area (Å²) >= 11 is 0. The number of benzene rings is 1. The summed E-state index contributed by atoms with van der Waals surface area (Å²) in [4.78, 5) is 4.14. The minimum atomic E-state index is -4.67. The molecule has 0 aliphatic carbocycles. The van der Waals surface area contributed by atoms with E-state index in [2.05, 4.69) is 20.4 Å². The third kappa shape index (κ3) is 10.3. The van der Waals surface area contributed by atoms with Crippen LogP contribution in [0.4, 0.5) is 13.2 Å². The molecule has 6 nitrogen and oxygen atoms in total. The summed E-state index contributed by atoms with van der Waals surface area (Å²) in [5, 5.41) is 6.37. The fourth-order valence-corrected chi connectivity index (χ4v) is 2.58. The van der Waals surface area contributed by atoms with Crippen molar-refractivity contribution in [1.29, 1.82) is 0 Å². The van der Waals surface area contributed by atoms with Crippen molar-refractivity contribution in [3.05, 3.63) is 29.8 Å². The molecule has 160 valence electrons. The molecule has 2 rings (SSSR count). The van der Waals surface area contributed by atoms with Crippen molar-refractivity contribution in [2.24, 2.45) is 4.99 Å². The van der Waals surface area contributed by atoms with Gasteiger partial charge in [-0.3, -0.25) is 4.99 Å². The van der Waals surface area contributed by atoms with Gasteiger partial charge in [-0.15, -0.1) is 37.1 Å². The highest BCUT2D eigenvalue weighted by Crippen LogP contribution is 2.22. The SMILES string of the molecule is CN=C(NCCCOC1CCOC1)NCCc1ccc(OC(F)(F)F)cc1.I. The Morgan fingerprint density at radius 3 is 2.54 bits per heavy atom. The summed E-state index contributed by atoms with van der Waals surface area (Å²) in [5.41, 5.74) is 0.902. The van der Waals surface area contributed by atoms with Gasteiger partial charge in [0.15, 0.2) is 5.96 Å². The number of nitrogens with zero attached hydrogens (tertiary/aromatic N) is 1. The minimum absolute atomic E-state index is 0. The van der Waals surface area contributed by atoms with Crippen molar-refractivity contribution >= 4 is 29.9 Å². The second-order valence-corrected chi connectivity index (χ2v) is 6.08. The lowest BCUT2D eigenvalue weighted by atomic mass is 10.1. The Morgan fingerprint density at radius 1 is 1.21 bits per heavy atom. The van der Waals surface area contributed by atoms with E-state index in [1.54, 1.807) is 19.2 Å². The second-order valence-electron chi connectivity index (χ2n) is 6.08. The fraction of sp³-hybridized carbons (Fsp3) is 0.611. The van der Waals surface area contributed by atoms with E-state index in [-0.39, 0.29) is 35.8 Å². The molecular formula is C18H27F3IN3O3. The number of ether oxygens (including phenoxy) is 3. The number of rotatable bonds is 9. The Labute approximate surface area is 180 Å². The molecule has 2 N–H and O–H groups in total. The molecule has 1 aromatic carbocycles. The van der Waals surface area contributed by atoms with Crippen LogP contribution < -0.4 is 15.4 Å². The molecular weight excluding hydrogens is 490 g/mol. The summed E-state index contributed by atoms with van der Waals surface area (Å²) < 4.78 is 51.2. The summed E-state index contributed by atoms with van der Waals surface area (Å²) in [5.74, 6) is 0.458. The molecule has 0 spiro atoms. The summed E-state index contributed by atoms with van der Waals surface area (Å²) in [6.07, 6.45) is -1.98. The van der Waals surface area contributed by atoms with Crippen LogP contribution in [0.5, 0.6) is 5.75 Å². The van der Waals surface area contributed by atoms with Crippen LogP contribution in [0, 0.1) is 0 Å². The van der Waals surface area contributed by atoms with Gasteiger partial charge in [0.25, 0.3) is 0 Å². The Balaban J connectivity index is 0.00000392.